The fourth-order valence-electron chi connectivity index (χ4n) is 2.74. The zero-order valence-electron chi connectivity index (χ0n) is 12.7. The lowest BCUT2D eigenvalue weighted by atomic mass is 9.87. The number of nitrogens with one attached hydrogen (secondary N) is 1. The highest BCUT2D eigenvalue weighted by Gasteiger charge is 2.42. The molecule has 21 heavy (non-hydrogen) atoms. The summed E-state index contributed by atoms with van der Waals surface area (Å²) >= 11 is 3.47. The Hall–Kier alpha value is -1.07. The Balaban J connectivity index is 2.18. The highest BCUT2D eigenvalue weighted by Crippen LogP contribution is 2.29. The second-order valence-corrected chi connectivity index (χ2v) is 6.29. The standard InChI is InChI=1S/C16H23BrN2O2/c1-3-19-10-8-16(9-11-19,15(20)21-4-2)18-14-7-5-6-13(17)12-14/h5-7,12,18H,3-4,8-11H2,1-2H3. The lowest BCUT2D eigenvalue weighted by Gasteiger charge is -2.40. The first-order valence-corrected chi connectivity index (χ1v) is 8.32. The number of ether oxygens (including phenoxy) is 1. The molecule has 1 fully saturated rings. The molecule has 0 unspecified atom stereocenters. The normalized spacial score (nSPS) is 18.2. The van der Waals surface area contributed by atoms with E-state index < -0.39 is 5.54 Å². The molecule has 0 amide bonds. The molecule has 1 saturated heterocycles. The first-order valence-electron chi connectivity index (χ1n) is 7.53. The molecule has 4 nitrogen and oxygen atoms in total. The van der Waals surface area contributed by atoms with Crippen LogP contribution in [0.4, 0.5) is 5.69 Å². The van der Waals surface area contributed by atoms with E-state index in [0.717, 1.165) is 42.6 Å². The molecule has 1 aliphatic rings. The SMILES string of the molecule is CCOC(=O)C1(Nc2cccc(Br)c2)CCN(CC)CC1. The zero-order valence-corrected chi connectivity index (χ0v) is 14.3. The Morgan fingerprint density at radius 1 is 1.38 bits per heavy atom. The Bertz CT molecular complexity index is 485. The monoisotopic (exact) mass is 354 g/mol. The number of piperidine rings is 1. The zero-order chi connectivity index (χ0) is 15.3. The van der Waals surface area contributed by atoms with E-state index in [-0.39, 0.29) is 5.97 Å². The molecule has 1 N–H and O–H groups in total. The third-order valence-corrected chi connectivity index (χ3v) is 4.52. The summed E-state index contributed by atoms with van der Waals surface area (Å²) in [6.07, 6.45) is 1.54. The van der Waals surface area contributed by atoms with Gasteiger partial charge in [-0.1, -0.05) is 28.9 Å². The summed E-state index contributed by atoms with van der Waals surface area (Å²) in [5.41, 5.74) is 0.338. The Kier molecular flexibility index (Phi) is 5.65. The van der Waals surface area contributed by atoms with Crippen LogP contribution in [0.15, 0.2) is 28.7 Å². The van der Waals surface area contributed by atoms with Gasteiger partial charge in [0.25, 0.3) is 0 Å². The number of likely N-dealkylation sites (tertiary alicyclic amines) is 1. The van der Waals surface area contributed by atoms with Crippen molar-refractivity contribution in [3.05, 3.63) is 28.7 Å². The molecule has 1 aromatic rings. The van der Waals surface area contributed by atoms with Crippen LogP contribution < -0.4 is 5.32 Å². The molecule has 116 valence electrons. The number of hydrogen-bond acceptors (Lipinski definition) is 4. The minimum absolute atomic E-state index is 0.138. The van der Waals surface area contributed by atoms with Gasteiger partial charge in [-0.05, 0) is 44.5 Å². The maximum absolute atomic E-state index is 12.5. The molecule has 1 heterocycles. The van der Waals surface area contributed by atoms with Gasteiger partial charge in [-0.15, -0.1) is 0 Å². The van der Waals surface area contributed by atoms with Gasteiger partial charge >= 0.3 is 5.97 Å². The summed E-state index contributed by atoms with van der Waals surface area (Å²) in [7, 11) is 0. The van der Waals surface area contributed by atoms with Gasteiger partial charge in [0.1, 0.15) is 5.54 Å². The summed E-state index contributed by atoms with van der Waals surface area (Å²) in [6.45, 7) is 7.27. The van der Waals surface area contributed by atoms with Crippen molar-refractivity contribution in [1.82, 2.24) is 4.90 Å². The van der Waals surface area contributed by atoms with Crippen molar-refractivity contribution in [2.24, 2.45) is 0 Å². The van der Waals surface area contributed by atoms with E-state index in [4.69, 9.17) is 4.74 Å². The third kappa shape index (κ3) is 3.98. The number of hydrogen-bond donors (Lipinski definition) is 1. The van der Waals surface area contributed by atoms with Crippen molar-refractivity contribution in [2.45, 2.75) is 32.2 Å². The molecule has 1 aliphatic heterocycles. The van der Waals surface area contributed by atoms with Crippen LogP contribution >= 0.6 is 15.9 Å². The van der Waals surface area contributed by atoms with E-state index in [0.29, 0.717) is 6.61 Å². The van der Waals surface area contributed by atoms with Crippen LogP contribution in [0.1, 0.15) is 26.7 Å². The molecule has 0 radical (unpaired) electrons. The van der Waals surface area contributed by atoms with Crippen LogP contribution in [-0.4, -0.2) is 42.6 Å². The van der Waals surface area contributed by atoms with Crippen molar-refractivity contribution in [2.75, 3.05) is 31.6 Å². The van der Waals surface area contributed by atoms with Crippen LogP contribution in [-0.2, 0) is 9.53 Å². The molecule has 0 saturated carbocycles. The first kappa shape index (κ1) is 16.3. The minimum Gasteiger partial charge on any atom is -0.464 e. The predicted octanol–water partition coefficient (Wildman–Crippen LogP) is 3.28. The van der Waals surface area contributed by atoms with Crippen LogP contribution in [0.2, 0.25) is 0 Å². The molecular formula is C16H23BrN2O2. The number of carbonyl (C=O) groups is 1. The van der Waals surface area contributed by atoms with Gasteiger partial charge < -0.3 is 15.0 Å². The fourth-order valence-corrected chi connectivity index (χ4v) is 3.14. The van der Waals surface area contributed by atoms with E-state index in [1.165, 1.54) is 0 Å². The smallest absolute Gasteiger partial charge is 0.331 e. The third-order valence-electron chi connectivity index (χ3n) is 4.03. The summed E-state index contributed by atoms with van der Waals surface area (Å²) in [5, 5.41) is 3.43. The lowest BCUT2D eigenvalue weighted by molar-refractivity contribution is -0.150. The molecular weight excluding hydrogens is 332 g/mol. The van der Waals surface area contributed by atoms with Crippen molar-refractivity contribution in [1.29, 1.82) is 0 Å². The van der Waals surface area contributed by atoms with Gasteiger partial charge in [0, 0.05) is 23.2 Å². The maximum atomic E-state index is 12.5. The molecule has 0 aliphatic carbocycles. The van der Waals surface area contributed by atoms with E-state index in [9.17, 15) is 4.79 Å². The Labute approximate surface area is 135 Å². The lowest BCUT2D eigenvalue weighted by Crippen LogP contribution is -2.55. The number of anilines is 1. The summed E-state index contributed by atoms with van der Waals surface area (Å²) in [5.74, 6) is -0.138. The van der Waals surface area contributed by atoms with Gasteiger partial charge in [-0.25, -0.2) is 4.79 Å². The van der Waals surface area contributed by atoms with Crippen molar-refractivity contribution < 1.29 is 9.53 Å². The summed E-state index contributed by atoms with van der Waals surface area (Å²) in [4.78, 5) is 14.9. The van der Waals surface area contributed by atoms with Gasteiger partial charge in [0.2, 0.25) is 0 Å². The quantitative estimate of drug-likeness (QED) is 0.823. The van der Waals surface area contributed by atoms with Crippen LogP contribution in [0.5, 0.6) is 0 Å². The van der Waals surface area contributed by atoms with E-state index >= 15 is 0 Å². The average Bonchev–Trinajstić information content (AvgIpc) is 2.48. The van der Waals surface area contributed by atoms with Crippen LogP contribution in [0.3, 0.4) is 0 Å². The summed E-state index contributed by atoms with van der Waals surface area (Å²) < 4.78 is 6.32. The van der Waals surface area contributed by atoms with Gasteiger partial charge in [0.05, 0.1) is 6.61 Å². The van der Waals surface area contributed by atoms with E-state index in [2.05, 4.69) is 33.1 Å². The second kappa shape index (κ2) is 7.27. The number of carbonyl (C=O) groups excluding carboxylic acids is 1. The average molecular weight is 355 g/mol. The molecule has 1 aromatic carbocycles. The van der Waals surface area contributed by atoms with Crippen molar-refractivity contribution in [3.8, 4) is 0 Å². The number of nitrogens with zero attached hydrogens (tertiary/aromatic N) is 1. The molecule has 0 spiro atoms. The van der Waals surface area contributed by atoms with Crippen molar-refractivity contribution in [3.63, 3.8) is 0 Å². The predicted molar refractivity (Wildman–Crippen MR) is 88.5 cm³/mol. The highest BCUT2D eigenvalue weighted by molar-refractivity contribution is 9.10. The van der Waals surface area contributed by atoms with Crippen LogP contribution in [0.25, 0.3) is 0 Å². The van der Waals surface area contributed by atoms with E-state index in [1.807, 2.05) is 31.2 Å². The van der Waals surface area contributed by atoms with E-state index in [1.54, 1.807) is 0 Å². The Morgan fingerprint density at radius 3 is 2.67 bits per heavy atom. The van der Waals surface area contributed by atoms with Crippen LogP contribution in [0, 0.1) is 0 Å². The van der Waals surface area contributed by atoms with Gasteiger partial charge in [0.15, 0.2) is 0 Å². The molecule has 5 heteroatoms. The Morgan fingerprint density at radius 2 is 2.10 bits per heavy atom. The largest absolute Gasteiger partial charge is 0.464 e. The molecule has 0 bridgehead atoms. The number of esters is 1. The number of rotatable bonds is 5. The number of benzene rings is 1. The molecule has 0 atom stereocenters. The fraction of sp³-hybridized carbons (Fsp3) is 0.562. The maximum Gasteiger partial charge on any atom is 0.331 e. The van der Waals surface area contributed by atoms with Gasteiger partial charge in [-0.3, -0.25) is 0 Å². The summed E-state index contributed by atoms with van der Waals surface area (Å²) in [6, 6.07) is 7.92. The number of halogens is 1. The molecule has 2 rings (SSSR count). The first-order chi connectivity index (χ1) is 10.1. The second-order valence-electron chi connectivity index (χ2n) is 5.37. The molecule has 0 aromatic heterocycles. The van der Waals surface area contributed by atoms with Crippen molar-refractivity contribution >= 4 is 27.6 Å². The highest BCUT2D eigenvalue weighted by atomic mass is 79.9. The topological polar surface area (TPSA) is 41.6 Å². The van der Waals surface area contributed by atoms with Gasteiger partial charge in [-0.2, -0.15) is 0 Å². The minimum atomic E-state index is -0.609.